The maximum absolute atomic E-state index is 10.1. The highest BCUT2D eigenvalue weighted by molar-refractivity contribution is 5.38. The van der Waals surface area contributed by atoms with Crippen molar-refractivity contribution in [2.75, 3.05) is 13.7 Å². The van der Waals surface area contributed by atoms with Crippen molar-refractivity contribution in [3.63, 3.8) is 0 Å². The fourth-order valence-corrected chi connectivity index (χ4v) is 1.78. The highest BCUT2D eigenvalue weighted by Crippen LogP contribution is 2.27. The molecule has 0 fully saturated rings. The van der Waals surface area contributed by atoms with Crippen LogP contribution in [0.5, 0.6) is 5.75 Å². The summed E-state index contributed by atoms with van der Waals surface area (Å²) in [6, 6.07) is 6.32. The van der Waals surface area contributed by atoms with Gasteiger partial charge in [-0.3, -0.25) is 0 Å². The van der Waals surface area contributed by atoms with Gasteiger partial charge in [0, 0.05) is 11.6 Å². The summed E-state index contributed by atoms with van der Waals surface area (Å²) in [6.45, 7) is 7.01. The Morgan fingerprint density at radius 1 is 1.35 bits per heavy atom. The molecule has 0 heterocycles. The number of methoxy groups -OCH3 is 1. The number of aliphatic hydroxyl groups is 1. The maximum Gasteiger partial charge on any atom is 0.124 e. The summed E-state index contributed by atoms with van der Waals surface area (Å²) >= 11 is 0. The Balaban J connectivity index is 2.66. The molecule has 3 nitrogen and oxygen atoms in total. The Kier molecular flexibility index (Phi) is 5.45. The zero-order chi connectivity index (χ0) is 12.8. The lowest BCUT2D eigenvalue weighted by Crippen LogP contribution is -2.25. The third-order valence-corrected chi connectivity index (χ3v) is 2.71. The van der Waals surface area contributed by atoms with Gasteiger partial charge in [0.05, 0.1) is 13.2 Å². The van der Waals surface area contributed by atoms with Gasteiger partial charge >= 0.3 is 0 Å². The normalized spacial score (nSPS) is 12.8. The van der Waals surface area contributed by atoms with E-state index in [1.807, 2.05) is 25.1 Å². The summed E-state index contributed by atoms with van der Waals surface area (Å²) in [5, 5.41) is 13.4. The molecule has 0 aromatic heterocycles. The van der Waals surface area contributed by atoms with E-state index in [0.717, 1.165) is 23.4 Å². The van der Waals surface area contributed by atoms with Crippen LogP contribution in [0.1, 0.15) is 37.5 Å². The predicted octanol–water partition coefficient (Wildman–Crippen LogP) is 2.43. The van der Waals surface area contributed by atoms with E-state index in [9.17, 15) is 5.11 Å². The number of hydrogen-bond donors (Lipinski definition) is 2. The molecular weight excluding hydrogens is 214 g/mol. The molecule has 0 saturated carbocycles. The van der Waals surface area contributed by atoms with Crippen molar-refractivity contribution in [3.8, 4) is 5.75 Å². The van der Waals surface area contributed by atoms with Crippen LogP contribution >= 0.6 is 0 Å². The third kappa shape index (κ3) is 4.36. The van der Waals surface area contributed by atoms with E-state index in [1.165, 1.54) is 0 Å². The van der Waals surface area contributed by atoms with E-state index >= 15 is 0 Å². The van der Waals surface area contributed by atoms with Crippen LogP contribution < -0.4 is 10.1 Å². The lowest BCUT2D eigenvalue weighted by atomic mass is 10.0. The van der Waals surface area contributed by atoms with Crippen LogP contribution in [-0.2, 0) is 0 Å². The van der Waals surface area contributed by atoms with Crippen LogP contribution in [-0.4, -0.2) is 24.8 Å². The molecule has 0 spiro atoms. The van der Waals surface area contributed by atoms with Crippen molar-refractivity contribution in [2.45, 2.75) is 39.3 Å². The Labute approximate surface area is 104 Å². The molecule has 1 unspecified atom stereocenters. The fraction of sp³-hybridized carbons (Fsp3) is 0.571. The lowest BCUT2D eigenvalue weighted by molar-refractivity contribution is 0.162. The topological polar surface area (TPSA) is 41.5 Å². The number of aliphatic hydroxyl groups excluding tert-OH is 1. The summed E-state index contributed by atoms with van der Waals surface area (Å²) in [5.41, 5.74) is 2.01. The van der Waals surface area contributed by atoms with Crippen LogP contribution in [0.3, 0.4) is 0 Å². The second-order valence-electron chi connectivity index (χ2n) is 4.66. The first-order valence-corrected chi connectivity index (χ1v) is 6.10. The molecule has 0 amide bonds. The third-order valence-electron chi connectivity index (χ3n) is 2.71. The lowest BCUT2D eigenvalue weighted by Gasteiger charge is -2.16. The average Bonchev–Trinajstić information content (AvgIpc) is 2.28. The van der Waals surface area contributed by atoms with E-state index in [4.69, 9.17) is 4.74 Å². The van der Waals surface area contributed by atoms with Crippen molar-refractivity contribution in [1.29, 1.82) is 0 Å². The van der Waals surface area contributed by atoms with Crippen LogP contribution in [0.25, 0.3) is 0 Å². The van der Waals surface area contributed by atoms with Crippen LogP contribution in [0.2, 0.25) is 0 Å². The van der Waals surface area contributed by atoms with Gasteiger partial charge in [0.1, 0.15) is 5.75 Å². The minimum absolute atomic E-state index is 0.446. The van der Waals surface area contributed by atoms with Gasteiger partial charge in [-0.05, 0) is 32.0 Å². The molecule has 0 bridgehead atoms. The molecule has 0 aliphatic heterocycles. The molecule has 2 N–H and O–H groups in total. The highest BCUT2D eigenvalue weighted by atomic mass is 16.5. The van der Waals surface area contributed by atoms with Crippen molar-refractivity contribution in [1.82, 2.24) is 5.32 Å². The Bertz CT molecular complexity index is 350. The molecule has 1 aromatic rings. The summed E-state index contributed by atoms with van der Waals surface area (Å²) in [7, 11) is 1.63. The number of aryl methyl sites for hydroxylation is 1. The van der Waals surface area contributed by atoms with Gasteiger partial charge in [-0.2, -0.15) is 0 Å². The highest BCUT2D eigenvalue weighted by Gasteiger charge is 2.13. The Morgan fingerprint density at radius 2 is 2.06 bits per heavy atom. The number of hydrogen-bond acceptors (Lipinski definition) is 3. The molecular formula is C14H23NO2. The fourth-order valence-electron chi connectivity index (χ4n) is 1.78. The van der Waals surface area contributed by atoms with E-state index in [2.05, 4.69) is 19.2 Å². The molecule has 17 heavy (non-hydrogen) atoms. The first kappa shape index (κ1) is 14.0. The van der Waals surface area contributed by atoms with Gasteiger partial charge in [0.15, 0.2) is 0 Å². The first-order chi connectivity index (χ1) is 8.04. The van der Waals surface area contributed by atoms with Gasteiger partial charge in [-0.15, -0.1) is 0 Å². The van der Waals surface area contributed by atoms with Crippen molar-refractivity contribution >= 4 is 0 Å². The second-order valence-corrected chi connectivity index (χ2v) is 4.66. The monoisotopic (exact) mass is 237 g/mol. The van der Waals surface area contributed by atoms with E-state index in [-0.39, 0.29) is 0 Å². The smallest absolute Gasteiger partial charge is 0.124 e. The van der Waals surface area contributed by atoms with E-state index in [1.54, 1.807) is 7.11 Å². The van der Waals surface area contributed by atoms with Crippen molar-refractivity contribution in [2.24, 2.45) is 0 Å². The molecule has 1 rings (SSSR count). The van der Waals surface area contributed by atoms with Gasteiger partial charge in [-0.1, -0.05) is 25.5 Å². The average molecular weight is 237 g/mol. The number of nitrogens with one attached hydrogen (secondary N) is 1. The number of benzene rings is 1. The van der Waals surface area contributed by atoms with Crippen LogP contribution in [0.4, 0.5) is 0 Å². The van der Waals surface area contributed by atoms with Gasteiger partial charge in [0.25, 0.3) is 0 Å². The minimum atomic E-state index is -0.476. The van der Waals surface area contributed by atoms with Crippen molar-refractivity contribution in [3.05, 3.63) is 29.3 Å². The largest absolute Gasteiger partial charge is 0.496 e. The minimum Gasteiger partial charge on any atom is -0.496 e. The van der Waals surface area contributed by atoms with Gasteiger partial charge in [-0.25, -0.2) is 0 Å². The SMILES string of the molecule is COc1ccc(C)cc1C(O)CCNC(C)C. The molecule has 96 valence electrons. The molecule has 0 radical (unpaired) electrons. The molecule has 0 aliphatic rings. The van der Waals surface area contributed by atoms with Gasteiger partial charge in [0.2, 0.25) is 0 Å². The Hall–Kier alpha value is -1.06. The predicted molar refractivity (Wildman–Crippen MR) is 70.4 cm³/mol. The molecule has 0 saturated heterocycles. The zero-order valence-corrected chi connectivity index (χ0v) is 11.2. The van der Waals surface area contributed by atoms with Crippen LogP contribution in [0.15, 0.2) is 18.2 Å². The Morgan fingerprint density at radius 3 is 2.65 bits per heavy atom. The summed E-state index contributed by atoms with van der Waals surface area (Å²) in [6.07, 6.45) is 0.217. The second kappa shape index (κ2) is 6.62. The molecule has 0 aliphatic carbocycles. The summed E-state index contributed by atoms with van der Waals surface area (Å²) in [4.78, 5) is 0. The molecule has 1 atom stereocenters. The quantitative estimate of drug-likeness (QED) is 0.798. The number of ether oxygens (including phenoxy) is 1. The van der Waals surface area contributed by atoms with Crippen molar-refractivity contribution < 1.29 is 9.84 Å². The zero-order valence-electron chi connectivity index (χ0n) is 11.2. The summed E-state index contributed by atoms with van der Waals surface area (Å²) < 4.78 is 5.27. The van der Waals surface area contributed by atoms with E-state index < -0.39 is 6.10 Å². The summed E-state index contributed by atoms with van der Waals surface area (Å²) in [5.74, 6) is 0.757. The molecule has 3 heteroatoms. The number of rotatable bonds is 6. The standard InChI is InChI=1S/C14H23NO2/c1-10(2)15-8-7-13(16)12-9-11(3)5-6-14(12)17-4/h5-6,9-10,13,15-16H,7-8H2,1-4H3. The molecule has 1 aromatic carbocycles. The van der Waals surface area contributed by atoms with Crippen LogP contribution in [0, 0.1) is 6.92 Å². The maximum atomic E-state index is 10.1. The van der Waals surface area contributed by atoms with Gasteiger partial charge < -0.3 is 15.2 Å². The first-order valence-electron chi connectivity index (χ1n) is 6.10. The van der Waals surface area contributed by atoms with E-state index in [0.29, 0.717) is 12.5 Å².